The van der Waals surface area contributed by atoms with Gasteiger partial charge in [0.25, 0.3) is 0 Å². The van der Waals surface area contributed by atoms with Crippen LogP contribution in [-0.2, 0) is 26.2 Å². The van der Waals surface area contributed by atoms with Gasteiger partial charge in [-0.3, -0.25) is 0 Å². The van der Waals surface area contributed by atoms with Gasteiger partial charge in [-0.25, -0.2) is 36.1 Å². The summed E-state index contributed by atoms with van der Waals surface area (Å²) in [5.41, 5.74) is 3.16. The van der Waals surface area contributed by atoms with Crippen LogP contribution in [0.15, 0.2) is 47.6 Å². The topological polar surface area (TPSA) is 0 Å². The minimum atomic E-state index is 0. The molecular formula is C20H28Cl4SiZr. The molecule has 2 fully saturated rings. The van der Waals surface area contributed by atoms with Gasteiger partial charge in [-0.2, -0.15) is 0 Å². The van der Waals surface area contributed by atoms with Gasteiger partial charge in [0.05, 0.1) is 0 Å². The van der Waals surface area contributed by atoms with Crippen molar-refractivity contribution < 1.29 is 75.8 Å². The number of rotatable bonds is 0. The van der Waals surface area contributed by atoms with Crippen LogP contribution in [0.25, 0.3) is 0 Å². The minimum Gasteiger partial charge on any atom is -1.00 e. The van der Waals surface area contributed by atoms with Gasteiger partial charge in [0.2, 0.25) is 13.1 Å². The molecule has 0 aromatic rings. The first-order valence-electron chi connectivity index (χ1n) is 8.33. The van der Waals surface area contributed by atoms with Crippen LogP contribution in [0.3, 0.4) is 0 Å². The second-order valence-electron chi connectivity index (χ2n) is 6.12. The summed E-state index contributed by atoms with van der Waals surface area (Å²) in [4.78, 5) is 0. The van der Waals surface area contributed by atoms with Gasteiger partial charge in [-0.05, 0) is 24.7 Å². The molecule has 4 rings (SSSR count). The summed E-state index contributed by atoms with van der Waals surface area (Å²) >= 11 is 0. The molecule has 26 heavy (non-hydrogen) atoms. The van der Waals surface area contributed by atoms with Crippen LogP contribution in [0.1, 0.15) is 38.5 Å². The molecule has 4 aliphatic rings. The number of halogens is 4. The zero-order chi connectivity index (χ0) is 14.9. The Labute approximate surface area is 207 Å². The zero-order valence-electron chi connectivity index (χ0n) is 15.5. The van der Waals surface area contributed by atoms with Crippen molar-refractivity contribution in [1.29, 1.82) is 0 Å². The molecule has 0 saturated heterocycles. The van der Waals surface area contributed by atoms with E-state index in [1.54, 1.807) is 11.1 Å². The van der Waals surface area contributed by atoms with E-state index in [2.05, 4.69) is 62.4 Å². The Kier molecular flexibility index (Phi) is 27.4. The summed E-state index contributed by atoms with van der Waals surface area (Å²) in [5.74, 6) is 1.77. The van der Waals surface area contributed by atoms with Crippen molar-refractivity contribution in [3.63, 3.8) is 0 Å². The average Bonchev–Trinajstić information content (AvgIpc) is 3.17. The van der Waals surface area contributed by atoms with Gasteiger partial charge in [-0.1, -0.05) is 12.8 Å². The molecule has 0 N–H and O–H groups in total. The molecule has 0 nitrogen and oxygen atoms in total. The van der Waals surface area contributed by atoms with Crippen LogP contribution in [0.4, 0.5) is 0 Å². The third kappa shape index (κ3) is 11.7. The molecule has 144 valence electrons. The maximum absolute atomic E-state index is 2.37. The fourth-order valence-electron chi connectivity index (χ4n) is 3.33. The first-order valence-corrected chi connectivity index (χ1v) is 10.3. The molecule has 0 radical (unpaired) electrons. The SMILES string of the molecule is C1=CCC2CC[CH-]C2=C1.C1=CCC2CC[CH-]C2=C1.C[Si+2]C.[Cl-].[Cl-].[Cl-].[Cl-].[Zr+4]. The summed E-state index contributed by atoms with van der Waals surface area (Å²) in [6.45, 7) is 4.31. The normalized spacial score (nSPS) is 21.9. The number of allylic oxidation sites excluding steroid dienone is 8. The van der Waals surface area contributed by atoms with Crippen LogP contribution in [-0.4, -0.2) is 9.52 Å². The summed E-state index contributed by atoms with van der Waals surface area (Å²) < 4.78 is 0. The van der Waals surface area contributed by atoms with Crippen molar-refractivity contribution in [3.8, 4) is 0 Å². The predicted octanol–water partition coefficient (Wildman–Crippen LogP) is -6.23. The fraction of sp³-hybridized carbons (Fsp3) is 0.500. The molecule has 4 aliphatic carbocycles. The van der Waals surface area contributed by atoms with Crippen molar-refractivity contribution in [2.75, 3.05) is 0 Å². The Balaban J connectivity index is -0.000000139. The van der Waals surface area contributed by atoms with E-state index in [-0.39, 0.29) is 75.8 Å². The van der Waals surface area contributed by atoms with Gasteiger partial charge in [0.15, 0.2) is 0 Å². The van der Waals surface area contributed by atoms with E-state index >= 15 is 0 Å². The molecule has 2 saturated carbocycles. The van der Waals surface area contributed by atoms with Crippen LogP contribution in [0.2, 0.25) is 13.1 Å². The molecule has 0 heterocycles. The average molecular weight is 530 g/mol. The number of hydrogen-bond donors (Lipinski definition) is 0. The monoisotopic (exact) mass is 526 g/mol. The third-order valence-corrected chi connectivity index (χ3v) is 4.42. The van der Waals surface area contributed by atoms with E-state index in [1.807, 2.05) is 0 Å². The van der Waals surface area contributed by atoms with Gasteiger partial charge in [0, 0.05) is 0 Å². The Bertz CT molecular complexity index is 407. The maximum Gasteiger partial charge on any atom is 4.00 e. The Morgan fingerprint density at radius 2 is 1.12 bits per heavy atom. The van der Waals surface area contributed by atoms with E-state index < -0.39 is 0 Å². The summed E-state index contributed by atoms with van der Waals surface area (Å²) in [6, 6.07) is 0. The van der Waals surface area contributed by atoms with Crippen molar-refractivity contribution in [2.45, 2.75) is 51.6 Å². The predicted molar refractivity (Wildman–Crippen MR) is 95.2 cm³/mol. The van der Waals surface area contributed by atoms with Crippen molar-refractivity contribution in [2.24, 2.45) is 11.8 Å². The Morgan fingerprint density at radius 1 is 0.769 bits per heavy atom. The molecule has 0 aromatic heterocycles. The number of hydrogen-bond acceptors (Lipinski definition) is 0. The van der Waals surface area contributed by atoms with Crippen molar-refractivity contribution in [3.05, 3.63) is 60.4 Å². The van der Waals surface area contributed by atoms with Gasteiger partial charge in [-0.15, -0.1) is 37.1 Å². The van der Waals surface area contributed by atoms with Crippen LogP contribution >= 0.6 is 0 Å². The molecule has 2 atom stereocenters. The zero-order valence-corrected chi connectivity index (χ0v) is 22.0. The Hall–Kier alpha value is 0.960. The van der Waals surface area contributed by atoms with E-state index in [4.69, 9.17) is 0 Å². The molecule has 2 unspecified atom stereocenters. The molecule has 6 heteroatoms. The van der Waals surface area contributed by atoms with Crippen LogP contribution < -0.4 is 49.6 Å². The van der Waals surface area contributed by atoms with Crippen molar-refractivity contribution >= 4 is 9.52 Å². The largest absolute Gasteiger partial charge is 4.00 e. The summed E-state index contributed by atoms with van der Waals surface area (Å²) in [7, 11) is 1.08. The molecular weight excluding hydrogens is 501 g/mol. The van der Waals surface area contributed by atoms with E-state index in [0.717, 1.165) is 21.4 Å². The first kappa shape index (κ1) is 34.5. The first-order chi connectivity index (χ1) is 10.3. The minimum absolute atomic E-state index is 0. The molecule has 0 bridgehead atoms. The molecule has 0 amide bonds. The summed E-state index contributed by atoms with van der Waals surface area (Å²) in [5, 5.41) is 0. The number of fused-ring (bicyclic) bond motifs is 2. The van der Waals surface area contributed by atoms with Crippen molar-refractivity contribution in [1.82, 2.24) is 0 Å². The fourth-order valence-corrected chi connectivity index (χ4v) is 3.33. The van der Waals surface area contributed by atoms with Crippen LogP contribution in [0, 0.1) is 24.7 Å². The van der Waals surface area contributed by atoms with Gasteiger partial charge >= 0.3 is 35.7 Å². The van der Waals surface area contributed by atoms with Gasteiger partial charge in [0.1, 0.15) is 0 Å². The quantitative estimate of drug-likeness (QED) is 0.217. The summed E-state index contributed by atoms with van der Waals surface area (Å²) in [6.07, 6.45) is 26.1. The molecule has 0 aromatic carbocycles. The van der Waals surface area contributed by atoms with E-state index in [1.165, 1.54) is 38.5 Å². The third-order valence-electron chi connectivity index (χ3n) is 4.42. The molecule has 0 aliphatic heterocycles. The van der Waals surface area contributed by atoms with E-state index in [0.29, 0.717) is 0 Å². The second-order valence-corrected chi connectivity index (χ2v) is 7.12. The van der Waals surface area contributed by atoms with E-state index in [9.17, 15) is 0 Å². The Morgan fingerprint density at radius 3 is 1.42 bits per heavy atom. The smallest absolute Gasteiger partial charge is 1.00 e. The van der Waals surface area contributed by atoms with Gasteiger partial charge < -0.3 is 49.6 Å². The molecule has 0 spiro atoms. The van der Waals surface area contributed by atoms with Crippen LogP contribution in [0.5, 0.6) is 0 Å². The maximum atomic E-state index is 2.37. The second kappa shape index (κ2) is 20.7. The standard InChI is InChI=1S/2C9H11.C2H6Si.4ClH.Zr/c2*1-2-5-9-7-3-6-8(9)4-1;1-3-2;;;;;/h2*1-2,4,6,9H,3,5,7H2;1-2H3;4*1H;/q2*-1;+2;;;;;+4/p-4.